The Kier molecular flexibility index (Phi) is 6.88. The molecule has 0 spiro atoms. The number of H-pyrrole nitrogens is 1. The highest BCUT2D eigenvalue weighted by molar-refractivity contribution is 5.94. The van der Waals surface area contributed by atoms with Gasteiger partial charge in [-0.05, 0) is 66.6 Å². The lowest BCUT2D eigenvalue weighted by molar-refractivity contribution is 0.0950. The van der Waals surface area contributed by atoms with Crippen LogP contribution in [0.1, 0.15) is 27.2 Å². The second-order valence-electron chi connectivity index (χ2n) is 7.60. The number of hydrogen-bond acceptors (Lipinski definition) is 6. The number of hydrazone groups is 1. The molecule has 0 atom stereocenters. The van der Waals surface area contributed by atoms with Crippen LogP contribution >= 0.6 is 0 Å². The van der Waals surface area contributed by atoms with E-state index >= 15 is 0 Å². The van der Waals surface area contributed by atoms with Crippen LogP contribution in [0.25, 0.3) is 11.3 Å². The zero-order valence-electron chi connectivity index (χ0n) is 18.8. The van der Waals surface area contributed by atoms with Crippen molar-refractivity contribution < 1.29 is 19.4 Å². The van der Waals surface area contributed by atoms with Crippen LogP contribution in [-0.2, 0) is 6.61 Å². The van der Waals surface area contributed by atoms with Crippen molar-refractivity contribution in [1.29, 1.82) is 0 Å². The predicted molar refractivity (Wildman–Crippen MR) is 129 cm³/mol. The number of methoxy groups -OCH3 is 1. The summed E-state index contributed by atoms with van der Waals surface area (Å²) in [6, 6.07) is 21.7. The lowest BCUT2D eigenvalue weighted by Crippen LogP contribution is -2.17. The van der Waals surface area contributed by atoms with Gasteiger partial charge in [-0.1, -0.05) is 29.8 Å². The molecule has 8 heteroatoms. The van der Waals surface area contributed by atoms with E-state index in [1.165, 1.54) is 23.9 Å². The number of carbonyl (C=O) groups excluding carboxylic acids is 1. The maximum absolute atomic E-state index is 12.4. The van der Waals surface area contributed by atoms with E-state index in [2.05, 4.69) is 20.7 Å². The highest BCUT2D eigenvalue weighted by atomic mass is 16.5. The number of nitrogens with one attached hydrogen (secondary N) is 2. The van der Waals surface area contributed by atoms with Crippen LogP contribution in [0.5, 0.6) is 17.2 Å². The molecule has 0 saturated heterocycles. The molecule has 34 heavy (non-hydrogen) atoms. The molecule has 4 rings (SSSR count). The standard InChI is InChI=1S/C26H24N4O4/c1-17-3-5-19(6-4-17)16-34-24-12-9-20(13-25(24)33-2)22-14-23(29-28-22)26(32)30-27-15-18-7-10-21(31)11-8-18/h3-15,31H,16H2,1-2H3,(H,28,29)(H,30,32). The summed E-state index contributed by atoms with van der Waals surface area (Å²) in [4.78, 5) is 12.4. The first kappa shape index (κ1) is 22.6. The summed E-state index contributed by atoms with van der Waals surface area (Å²) in [5.74, 6) is 0.911. The minimum atomic E-state index is -0.432. The molecular formula is C26H24N4O4. The molecule has 1 heterocycles. The molecule has 0 radical (unpaired) electrons. The highest BCUT2D eigenvalue weighted by Gasteiger charge is 2.13. The summed E-state index contributed by atoms with van der Waals surface area (Å²) in [5, 5.41) is 20.2. The van der Waals surface area contributed by atoms with Gasteiger partial charge in [-0.25, -0.2) is 5.43 Å². The predicted octanol–water partition coefficient (Wildman–Crippen LogP) is 4.44. The number of nitrogens with zero attached hydrogens (tertiary/aromatic N) is 2. The normalized spacial score (nSPS) is 10.9. The van der Waals surface area contributed by atoms with Gasteiger partial charge in [0.15, 0.2) is 11.5 Å². The SMILES string of the molecule is COc1cc(-c2cc(C(=O)NN=Cc3ccc(O)cc3)[nH]n2)ccc1OCc1ccc(C)cc1. The molecule has 172 valence electrons. The number of amides is 1. The lowest BCUT2D eigenvalue weighted by Gasteiger charge is -2.12. The van der Waals surface area contributed by atoms with Gasteiger partial charge in [0.1, 0.15) is 18.1 Å². The summed E-state index contributed by atoms with van der Waals surface area (Å²) in [6.45, 7) is 2.47. The topological polar surface area (TPSA) is 109 Å². The van der Waals surface area contributed by atoms with Crippen LogP contribution in [0.2, 0.25) is 0 Å². The maximum atomic E-state index is 12.4. The highest BCUT2D eigenvalue weighted by Crippen LogP contribution is 2.32. The van der Waals surface area contributed by atoms with Gasteiger partial charge in [-0.15, -0.1) is 0 Å². The molecule has 3 aromatic carbocycles. The quantitative estimate of drug-likeness (QED) is 0.268. The largest absolute Gasteiger partial charge is 0.508 e. The summed E-state index contributed by atoms with van der Waals surface area (Å²) in [7, 11) is 1.58. The maximum Gasteiger partial charge on any atom is 0.289 e. The van der Waals surface area contributed by atoms with Crippen LogP contribution in [0.3, 0.4) is 0 Å². The van der Waals surface area contributed by atoms with E-state index in [-0.39, 0.29) is 11.4 Å². The Morgan fingerprint density at radius 1 is 1.06 bits per heavy atom. The fraction of sp³-hybridized carbons (Fsp3) is 0.115. The van der Waals surface area contributed by atoms with Crippen molar-refractivity contribution >= 4 is 12.1 Å². The number of hydrogen-bond donors (Lipinski definition) is 3. The van der Waals surface area contributed by atoms with Crippen LogP contribution < -0.4 is 14.9 Å². The smallest absolute Gasteiger partial charge is 0.289 e. The van der Waals surface area contributed by atoms with Crippen LogP contribution in [0.4, 0.5) is 0 Å². The number of phenols is 1. The summed E-state index contributed by atoms with van der Waals surface area (Å²) in [6.07, 6.45) is 1.48. The monoisotopic (exact) mass is 456 g/mol. The first-order valence-electron chi connectivity index (χ1n) is 10.6. The Balaban J connectivity index is 1.41. The molecule has 0 saturated carbocycles. The van der Waals surface area contributed by atoms with Gasteiger partial charge in [0.25, 0.3) is 5.91 Å². The number of carbonyl (C=O) groups is 1. The summed E-state index contributed by atoms with van der Waals surface area (Å²) in [5.41, 5.74) is 7.05. The molecule has 0 unspecified atom stereocenters. The van der Waals surface area contributed by atoms with Gasteiger partial charge in [-0.2, -0.15) is 10.2 Å². The molecule has 0 aliphatic heterocycles. The van der Waals surface area contributed by atoms with E-state index in [1.807, 2.05) is 49.4 Å². The van der Waals surface area contributed by atoms with Gasteiger partial charge < -0.3 is 14.6 Å². The second-order valence-corrected chi connectivity index (χ2v) is 7.60. The van der Waals surface area contributed by atoms with Crippen molar-refractivity contribution in [1.82, 2.24) is 15.6 Å². The first-order valence-corrected chi connectivity index (χ1v) is 10.6. The average molecular weight is 457 g/mol. The van der Waals surface area contributed by atoms with E-state index in [9.17, 15) is 9.90 Å². The first-order chi connectivity index (χ1) is 16.5. The van der Waals surface area contributed by atoms with E-state index in [0.717, 1.165) is 16.7 Å². The molecule has 1 aromatic heterocycles. The number of aryl methyl sites for hydroxylation is 1. The molecule has 0 fully saturated rings. The fourth-order valence-corrected chi connectivity index (χ4v) is 3.16. The summed E-state index contributed by atoms with van der Waals surface area (Å²) < 4.78 is 11.4. The van der Waals surface area contributed by atoms with Gasteiger partial charge >= 0.3 is 0 Å². The van der Waals surface area contributed by atoms with E-state index in [1.54, 1.807) is 25.3 Å². The zero-order chi connectivity index (χ0) is 23.9. The molecule has 0 bridgehead atoms. The van der Waals surface area contributed by atoms with Crippen LogP contribution in [-0.4, -0.2) is 34.5 Å². The molecule has 1 amide bonds. The van der Waals surface area contributed by atoms with Crippen molar-refractivity contribution in [2.45, 2.75) is 13.5 Å². The zero-order valence-corrected chi connectivity index (χ0v) is 18.8. The van der Waals surface area contributed by atoms with Gasteiger partial charge in [-0.3, -0.25) is 9.89 Å². The van der Waals surface area contributed by atoms with Crippen molar-refractivity contribution in [2.75, 3.05) is 7.11 Å². The van der Waals surface area contributed by atoms with Gasteiger partial charge in [0, 0.05) is 5.56 Å². The number of aromatic nitrogens is 2. The Hall–Kier alpha value is -4.59. The lowest BCUT2D eigenvalue weighted by atomic mass is 10.1. The minimum Gasteiger partial charge on any atom is -0.508 e. The van der Waals surface area contributed by atoms with Crippen LogP contribution in [0, 0.1) is 6.92 Å². The van der Waals surface area contributed by atoms with E-state index in [4.69, 9.17) is 9.47 Å². The van der Waals surface area contributed by atoms with E-state index < -0.39 is 5.91 Å². The third-order valence-electron chi connectivity index (χ3n) is 5.07. The number of phenolic OH excluding ortho intramolecular Hbond substituents is 1. The number of ether oxygens (including phenoxy) is 2. The van der Waals surface area contributed by atoms with Crippen LogP contribution in [0.15, 0.2) is 77.9 Å². The van der Waals surface area contributed by atoms with Crippen molar-refractivity contribution in [2.24, 2.45) is 5.10 Å². The van der Waals surface area contributed by atoms with Crippen molar-refractivity contribution in [3.63, 3.8) is 0 Å². The molecule has 4 aromatic rings. The third kappa shape index (κ3) is 5.60. The number of aromatic hydroxyl groups is 1. The average Bonchev–Trinajstić information content (AvgIpc) is 3.35. The Morgan fingerprint density at radius 2 is 1.82 bits per heavy atom. The third-order valence-corrected chi connectivity index (χ3v) is 5.07. The Morgan fingerprint density at radius 3 is 2.56 bits per heavy atom. The van der Waals surface area contributed by atoms with Crippen molar-refractivity contribution in [3.05, 3.63) is 95.2 Å². The molecule has 0 aliphatic carbocycles. The molecule has 8 nitrogen and oxygen atoms in total. The number of benzene rings is 3. The minimum absolute atomic E-state index is 0.161. The number of rotatable bonds is 8. The second kappa shape index (κ2) is 10.4. The molecule has 0 aliphatic rings. The fourth-order valence-electron chi connectivity index (χ4n) is 3.16. The molecule has 3 N–H and O–H groups in total. The number of aromatic amines is 1. The van der Waals surface area contributed by atoms with E-state index in [0.29, 0.717) is 23.8 Å². The van der Waals surface area contributed by atoms with Gasteiger partial charge in [0.2, 0.25) is 0 Å². The van der Waals surface area contributed by atoms with Crippen molar-refractivity contribution in [3.8, 4) is 28.5 Å². The summed E-state index contributed by atoms with van der Waals surface area (Å²) >= 11 is 0. The van der Waals surface area contributed by atoms with Gasteiger partial charge in [0.05, 0.1) is 19.0 Å². The Bertz CT molecular complexity index is 1300. The Labute approximate surface area is 196 Å². The molecular weight excluding hydrogens is 432 g/mol.